The maximum absolute atomic E-state index is 12.6. The summed E-state index contributed by atoms with van der Waals surface area (Å²) < 4.78 is 64.4. The lowest BCUT2D eigenvalue weighted by Gasteiger charge is -2.12. The highest BCUT2D eigenvalue weighted by Gasteiger charge is 2.30. The maximum Gasteiger partial charge on any atom is 0.416 e. The Morgan fingerprint density at radius 1 is 1.09 bits per heavy atom. The number of alkyl halides is 3. The molecule has 0 amide bonds. The Balaban J connectivity index is 2.35. The zero-order valence-corrected chi connectivity index (χ0v) is 12.9. The van der Waals surface area contributed by atoms with E-state index in [2.05, 4.69) is 4.72 Å². The lowest BCUT2D eigenvalue weighted by molar-refractivity contribution is -0.137. The van der Waals surface area contributed by atoms with Crippen LogP contribution in [0.25, 0.3) is 0 Å². The Kier molecular flexibility index (Phi) is 4.39. The molecule has 0 atom stereocenters. The van der Waals surface area contributed by atoms with Crippen molar-refractivity contribution in [1.29, 1.82) is 0 Å². The third kappa shape index (κ3) is 3.72. The van der Waals surface area contributed by atoms with Crippen LogP contribution in [0.5, 0.6) is 0 Å². The van der Waals surface area contributed by atoms with Gasteiger partial charge >= 0.3 is 6.18 Å². The van der Waals surface area contributed by atoms with Crippen LogP contribution in [0.1, 0.15) is 11.1 Å². The Morgan fingerprint density at radius 2 is 1.77 bits per heavy atom. The number of aryl methyl sites for hydroxylation is 1. The summed E-state index contributed by atoms with van der Waals surface area (Å²) in [6, 6.07) is 8.02. The number of rotatable bonds is 3. The van der Waals surface area contributed by atoms with Crippen molar-refractivity contribution in [3.8, 4) is 0 Å². The van der Waals surface area contributed by atoms with E-state index in [9.17, 15) is 21.6 Å². The maximum atomic E-state index is 12.6. The van der Waals surface area contributed by atoms with Gasteiger partial charge in [-0.25, -0.2) is 8.42 Å². The summed E-state index contributed by atoms with van der Waals surface area (Å²) in [5.41, 5.74) is -0.545. The molecule has 2 aromatic carbocycles. The van der Waals surface area contributed by atoms with E-state index in [1.807, 2.05) is 0 Å². The predicted octanol–water partition coefficient (Wildman–Crippen LogP) is 4.47. The molecule has 0 radical (unpaired) electrons. The quantitative estimate of drug-likeness (QED) is 0.888. The molecular formula is C14H11ClF3NO2S. The smallest absolute Gasteiger partial charge is 0.280 e. The fourth-order valence-corrected chi connectivity index (χ4v) is 3.01. The van der Waals surface area contributed by atoms with Gasteiger partial charge in [0.05, 0.1) is 10.5 Å². The highest BCUT2D eigenvalue weighted by molar-refractivity contribution is 7.92. The molecule has 0 aliphatic carbocycles. The van der Waals surface area contributed by atoms with Gasteiger partial charge in [0, 0.05) is 10.7 Å². The van der Waals surface area contributed by atoms with Gasteiger partial charge in [-0.15, -0.1) is 0 Å². The summed E-state index contributed by atoms with van der Waals surface area (Å²) in [4.78, 5) is -0.0770. The van der Waals surface area contributed by atoms with Gasteiger partial charge < -0.3 is 0 Å². The van der Waals surface area contributed by atoms with Crippen LogP contribution in [0.3, 0.4) is 0 Å². The van der Waals surface area contributed by atoms with Gasteiger partial charge in [-0.3, -0.25) is 4.72 Å². The monoisotopic (exact) mass is 349 g/mol. The standard InChI is InChI=1S/C14H11ClF3NO2S/c1-9-7-12(5-6-13(9)15)22(20,21)19-11-4-2-3-10(8-11)14(16,17)18/h2-8,19H,1H3. The van der Waals surface area contributed by atoms with E-state index in [0.717, 1.165) is 18.2 Å². The molecule has 0 aromatic heterocycles. The summed E-state index contributed by atoms with van der Waals surface area (Å²) in [5, 5.41) is 0.401. The zero-order chi connectivity index (χ0) is 16.5. The lowest BCUT2D eigenvalue weighted by atomic mass is 10.2. The van der Waals surface area contributed by atoms with E-state index >= 15 is 0 Å². The third-order valence-electron chi connectivity index (χ3n) is 2.88. The molecule has 0 fully saturated rings. The lowest BCUT2D eigenvalue weighted by Crippen LogP contribution is -2.14. The predicted molar refractivity (Wildman–Crippen MR) is 78.4 cm³/mol. The van der Waals surface area contributed by atoms with E-state index in [1.54, 1.807) is 6.92 Å². The van der Waals surface area contributed by atoms with Crippen LogP contribution in [-0.4, -0.2) is 8.42 Å². The molecule has 1 N–H and O–H groups in total. The van der Waals surface area contributed by atoms with Crippen LogP contribution in [0.15, 0.2) is 47.4 Å². The van der Waals surface area contributed by atoms with Crippen molar-refractivity contribution in [2.45, 2.75) is 18.0 Å². The molecule has 0 saturated heterocycles. The molecule has 22 heavy (non-hydrogen) atoms. The Labute approximate surface area is 130 Å². The Morgan fingerprint density at radius 3 is 2.36 bits per heavy atom. The number of sulfonamides is 1. The van der Waals surface area contributed by atoms with Gasteiger partial charge in [0.1, 0.15) is 0 Å². The normalized spacial score (nSPS) is 12.2. The van der Waals surface area contributed by atoms with E-state index in [1.165, 1.54) is 24.3 Å². The Hall–Kier alpha value is -1.73. The summed E-state index contributed by atoms with van der Waals surface area (Å²) in [7, 11) is -3.99. The third-order valence-corrected chi connectivity index (χ3v) is 4.68. The van der Waals surface area contributed by atoms with E-state index in [0.29, 0.717) is 10.6 Å². The van der Waals surface area contributed by atoms with Gasteiger partial charge in [0.2, 0.25) is 0 Å². The molecule has 0 heterocycles. The van der Waals surface area contributed by atoms with Crippen LogP contribution in [0.2, 0.25) is 5.02 Å². The number of anilines is 1. The average molecular weight is 350 g/mol. The number of hydrogen-bond donors (Lipinski definition) is 1. The second-order valence-electron chi connectivity index (χ2n) is 4.60. The first-order valence-corrected chi connectivity index (χ1v) is 7.92. The molecule has 8 heteroatoms. The second kappa shape index (κ2) is 5.81. The number of hydrogen-bond acceptors (Lipinski definition) is 2. The highest BCUT2D eigenvalue weighted by Crippen LogP contribution is 2.31. The van der Waals surface area contributed by atoms with Crippen LogP contribution in [0, 0.1) is 6.92 Å². The average Bonchev–Trinajstić information content (AvgIpc) is 2.40. The molecular weight excluding hydrogens is 339 g/mol. The molecule has 0 spiro atoms. The van der Waals surface area contributed by atoms with Crippen molar-refractivity contribution in [2.24, 2.45) is 0 Å². The van der Waals surface area contributed by atoms with Crippen molar-refractivity contribution in [1.82, 2.24) is 0 Å². The van der Waals surface area contributed by atoms with Gasteiger partial charge in [0.25, 0.3) is 10.0 Å². The Bertz CT molecular complexity index is 804. The largest absolute Gasteiger partial charge is 0.416 e. The second-order valence-corrected chi connectivity index (χ2v) is 6.68. The fraction of sp³-hybridized carbons (Fsp3) is 0.143. The van der Waals surface area contributed by atoms with E-state index < -0.39 is 21.8 Å². The SMILES string of the molecule is Cc1cc(S(=O)(=O)Nc2cccc(C(F)(F)F)c2)ccc1Cl. The first-order valence-electron chi connectivity index (χ1n) is 6.06. The minimum absolute atomic E-state index is 0.0770. The minimum atomic E-state index is -4.54. The van der Waals surface area contributed by atoms with Crippen molar-refractivity contribution >= 4 is 27.3 Å². The molecule has 0 unspecified atom stereocenters. The van der Waals surface area contributed by atoms with Crippen molar-refractivity contribution in [3.05, 3.63) is 58.6 Å². The number of nitrogens with one attached hydrogen (secondary N) is 1. The minimum Gasteiger partial charge on any atom is -0.280 e. The topological polar surface area (TPSA) is 46.2 Å². The first kappa shape index (κ1) is 16.6. The van der Waals surface area contributed by atoms with E-state index in [4.69, 9.17) is 11.6 Å². The molecule has 0 aliphatic heterocycles. The first-order chi connectivity index (χ1) is 10.1. The van der Waals surface area contributed by atoms with Crippen LogP contribution in [-0.2, 0) is 16.2 Å². The van der Waals surface area contributed by atoms with Crippen molar-refractivity contribution < 1.29 is 21.6 Å². The number of halogens is 4. The molecule has 2 aromatic rings. The van der Waals surface area contributed by atoms with E-state index in [-0.39, 0.29) is 10.6 Å². The summed E-state index contributed by atoms with van der Waals surface area (Å²) in [5.74, 6) is 0. The van der Waals surface area contributed by atoms with Gasteiger partial charge in [-0.2, -0.15) is 13.2 Å². The van der Waals surface area contributed by atoms with Crippen molar-refractivity contribution in [2.75, 3.05) is 4.72 Å². The molecule has 2 rings (SSSR count). The number of benzene rings is 2. The molecule has 118 valence electrons. The van der Waals surface area contributed by atoms with Crippen LogP contribution < -0.4 is 4.72 Å². The van der Waals surface area contributed by atoms with Gasteiger partial charge in [-0.1, -0.05) is 17.7 Å². The molecule has 0 bridgehead atoms. The molecule has 3 nitrogen and oxygen atoms in total. The summed E-state index contributed by atoms with van der Waals surface area (Å²) in [6.07, 6.45) is -4.54. The summed E-state index contributed by atoms with van der Waals surface area (Å²) >= 11 is 5.82. The van der Waals surface area contributed by atoms with Gasteiger partial charge in [0.15, 0.2) is 0 Å². The highest BCUT2D eigenvalue weighted by atomic mass is 35.5. The van der Waals surface area contributed by atoms with Crippen LogP contribution >= 0.6 is 11.6 Å². The summed E-state index contributed by atoms with van der Waals surface area (Å²) in [6.45, 7) is 1.63. The zero-order valence-electron chi connectivity index (χ0n) is 11.3. The van der Waals surface area contributed by atoms with Crippen molar-refractivity contribution in [3.63, 3.8) is 0 Å². The molecule has 0 saturated carbocycles. The fourth-order valence-electron chi connectivity index (χ4n) is 1.76. The molecule has 0 aliphatic rings. The van der Waals surface area contributed by atoms with Gasteiger partial charge in [-0.05, 0) is 48.9 Å². The van der Waals surface area contributed by atoms with Crippen LogP contribution in [0.4, 0.5) is 18.9 Å².